The summed E-state index contributed by atoms with van der Waals surface area (Å²) in [6.45, 7) is 0.452. The minimum atomic E-state index is -0.312. The van der Waals surface area contributed by atoms with E-state index in [0.717, 1.165) is 0 Å². The largest absolute Gasteiger partial charge is 0.349 e. The zero-order chi connectivity index (χ0) is 14.5. The van der Waals surface area contributed by atoms with Crippen molar-refractivity contribution >= 4 is 21.8 Å². The van der Waals surface area contributed by atoms with E-state index in [2.05, 4.69) is 31.6 Å². The van der Waals surface area contributed by atoms with Gasteiger partial charge in [0.15, 0.2) is 0 Å². The van der Waals surface area contributed by atoms with Crippen LogP contribution in [-0.2, 0) is 17.9 Å². The number of carbonyl (C=O) groups is 1. The molecular formula is C12H13BrFN5O. The lowest BCUT2D eigenvalue weighted by Crippen LogP contribution is -2.29. The van der Waals surface area contributed by atoms with E-state index in [0.29, 0.717) is 15.7 Å². The molecule has 0 aliphatic carbocycles. The third-order valence-corrected chi connectivity index (χ3v) is 3.08. The number of amides is 1. The smallest absolute Gasteiger partial charge is 0.234 e. The lowest BCUT2D eigenvalue weighted by Gasteiger charge is -2.03. The Balaban J connectivity index is 2.00. The summed E-state index contributed by atoms with van der Waals surface area (Å²) in [6.07, 6.45) is 1.65. The van der Waals surface area contributed by atoms with Crippen molar-refractivity contribution in [3.8, 4) is 0 Å². The lowest BCUT2D eigenvalue weighted by atomic mass is 10.2. The number of nitrogens with two attached hydrogens (primary N) is 1. The summed E-state index contributed by atoms with van der Waals surface area (Å²) < 4.78 is 15.9. The van der Waals surface area contributed by atoms with Crippen LogP contribution in [0.25, 0.3) is 0 Å². The van der Waals surface area contributed by atoms with Crippen molar-refractivity contribution in [3.05, 3.63) is 45.9 Å². The fraction of sp³-hybridized carbons (Fsp3) is 0.250. The van der Waals surface area contributed by atoms with Gasteiger partial charge in [0.25, 0.3) is 0 Å². The van der Waals surface area contributed by atoms with Crippen molar-refractivity contribution in [2.24, 2.45) is 5.73 Å². The zero-order valence-corrected chi connectivity index (χ0v) is 12.1. The minimum Gasteiger partial charge on any atom is -0.349 e. The van der Waals surface area contributed by atoms with Crippen molar-refractivity contribution in [1.82, 2.24) is 20.3 Å². The van der Waals surface area contributed by atoms with Gasteiger partial charge in [-0.2, -0.15) is 0 Å². The highest BCUT2D eigenvalue weighted by Gasteiger charge is 2.07. The molecule has 6 nitrogen and oxygen atoms in total. The predicted molar refractivity (Wildman–Crippen MR) is 74.1 cm³/mol. The number of hydrogen-bond donors (Lipinski definition) is 2. The number of aromatic nitrogens is 3. The van der Waals surface area contributed by atoms with Gasteiger partial charge in [-0.15, -0.1) is 5.10 Å². The van der Waals surface area contributed by atoms with Crippen molar-refractivity contribution in [3.63, 3.8) is 0 Å². The summed E-state index contributed by atoms with van der Waals surface area (Å²) in [4.78, 5) is 11.0. The third kappa shape index (κ3) is 3.84. The molecule has 1 amide bonds. The highest BCUT2D eigenvalue weighted by Crippen LogP contribution is 2.16. The first kappa shape index (κ1) is 14.6. The molecule has 2 aromatic rings. The SMILES string of the molecule is NCC(=O)NCc1cn(Cc2ccc(Br)cc2F)nn1. The molecule has 8 heteroatoms. The second kappa shape index (κ2) is 6.58. The highest BCUT2D eigenvalue weighted by molar-refractivity contribution is 9.10. The maximum atomic E-state index is 13.7. The van der Waals surface area contributed by atoms with Gasteiger partial charge in [-0.1, -0.05) is 27.2 Å². The molecule has 0 aliphatic heterocycles. The molecule has 0 spiro atoms. The Bertz CT molecular complexity index is 616. The fourth-order valence-corrected chi connectivity index (χ4v) is 1.92. The van der Waals surface area contributed by atoms with E-state index >= 15 is 0 Å². The molecule has 20 heavy (non-hydrogen) atoms. The van der Waals surface area contributed by atoms with Gasteiger partial charge in [-0.05, 0) is 12.1 Å². The summed E-state index contributed by atoms with van der Waals surface area (Å²) in [6, 6.07) is 4.84. The van der Waals surface area contributed by atoms with E-state index in [1.807, 2.05) is 0 Å². The highest BCUT2D eigenvalue weighted by atomic mass is 79.9. The summed E-state index contributed by atoms with van der Waals surface area (Å²) >= 11 is 3.20. The lowest BCUT2D eigenvalue weighted by molar-refractivity contribution is -0.119. The Kier molecular flexibility index (Phi) is 4.80. The van der Waals surface area contributed by atoms with Gasteiger partial charge < -0.3 is 11.1 Å². The van der Waals surface area contributed by atoms with E-state index in [-0.39, 0.29) is 31.4 Å². The van der Waals surface area contributed by atoms with Crippen LogP contribution in [0.1, 0.15) is 11.3 Å². The van der Waals surface area contributed by atoms with E-state index < -0.39 is 0 Å². The molecule has 0 saturated carbocycles. The molecule has 1 heterocycles. The van der Waals surface area contributed by atoms with Crippen LogP contribution in [0.3, 0.4) is 0 Å². The predicted octanol–water partition coefficient (Wildman–Crippen LogP) is 0.803. The first-order valence-electron chi connectivity index (χ1n) is 5.88. The first-order valence-corrected chi connectivity index (χ1v) is 6.67. The van der Waals surface area contributed by atoms with Crippen LogP contribution in [0, 0.1) is 5.82 Å². The maximum absolute atomic E-state index is 13.7. The van der Waals surface area contributed by atoms with Crippen LogP contribution in [0.5, 0.6) is 0 Å². The van der Waals surface area contributed by atoms with Gasteiger partial charge in [0.2, 0.25) is 5.91 Å². The summed E-state index contributed by atoms with van der Waals surface area (Å²) in [5.74, 6) is -0.577. The van der Waals surface area contributed by atoms with Crippen LogP contribution in [0.2, 0.25) is 0 Å². The van der Waals surface area contributed by atoms with Crippen molar-refractivity contribution in [2.45, 2.75) is 13.1 Å². The quantitative estimate of drug-likeness (QED) is 0.842. The molecule has 0 unspecified atom stereocenters. The Morgan fingerprint density at radius 1 is 1.50 bits per heavy atom. The summed E-state index contributed by atoms with van der Waals surface area (Å²) in [5.41, 5.74) is 6.27. The average molecular weight is 342 g/mol. The molecule has 0 radical (unpaired) electrons. The van der Waals surface area contributed by atoms with E-state index in [9.17, 15) is 9.18 Å². The molecule has 0 bridgehead atoms. The summed E-state index contributed by atoms with van der Waals surface area (Å²) in [7, 11) is 0. The van der Waals surface area contributed by atoms with Gasteiger partial charge in [0.05, 0.1) is 25.8 Å². The number of nitrogens with one attached hydrogen (secondary N) is 1. The average Bonchev–Trinajstić information content (AvgIpc) is 2.87. The summed E-state index contributed by atoms with van der Waals surface area (Å²) in [5, 5.41) is 10.4. The number of rotatable bonds is 5. The Labute approximate surface area is 123 Å². The molecule has 0 saturated heterocycles. The third-order valence-electron chi connectivity index (χ3n) is 2.59. The second-order valence-electron chi connectivity index (χ2n) is 4.12. The van der Waals surface area contributed by atoms with Crippen LogP contribution < -0.4 is 11.1 Å². The Hall–Kier alpha value is -1.80. The molecular weight excluding hydrogens is 329 g/mol. The van der Waals surface area contributed by atoms with Crippen molar-refractivity contribution in [1.29, 1.82) is 0 Å². The number of benzene rings is 1. The zero-order valence-electron chi connectivity index (χ0n) is 10.5. The standard InChI is InChI=1S/C12H13BrFN5O/c13-9-2-1-8(11(14)3-9)6-19-7-10(17-18-19)5-16-12(20)4-15/h1-3,7H,4-6,15H2,(H,16,20). The molecule has 3 N–H and O–H groups in total. The van der Waals surface area contributed by atoms with Crippen LogP contribution in [0.15, 0.2) is 28.9 Å². The molecule has 2 rings (SSSR count). The van der Waals surface area contributed by atoms with Gasteiger partial charge in [0.1, 0.15) is 11.5 Å². The van der Waals surface area contributed by atoms with E-state index in [1.165, 1.54) is 10.7 Å². The normalized spacial score (nSPS) is 10.6. The van der Waals surface area contributed by atoms with Crippen LogP contribution in [0.4, 0.5) is 4.39 Å². The topological polar surface area (TPSA) is 85.8 Å². The van der Waals surface area contributed by atoms with Crippen LogP contribution in [-0.4, -0.2) is 27.4 Å². The monoisotopic (exact) mass is 341 g/mol. The van der Waals surface area contributed by atoms with Crippen molar-refractivity contribution in [2.75, 3.05) is 6.54 Å². The molecule has 0 atom stereocenters. The maximum Gasteiger partial charge on any atom is 0.234 e. The minimum absolute atomic E-state index is 0.0712. The fourth-order valence-electron chi connectivity index (χ4n) is 1.58. The van der Waals surface area contributed by atoms with E-state index in [4.69, 9.17) is 5.73 Å². The number of halogens is 2. The van der Waals surface area contributed by atoms with Gasteiger partial charge >= 0.3 is 0 Å². The van der Waals surface area contributed by atoms with Gasteiger partial charge in [-0.3, -0.25) is 4.79 Å². The van der Waals surface area contributed by atoms with Gasteiger partial charge in [-0.25, -0.2) is 9.07 Å². The number of nitrogens with zero attached hydrogens (tertiary/aromatic N) is 3. The second-order valence-corrected chi connectivity index (χ2v) is 5.04. The number of hydrogen-bond acceptors (Lipinski definition) is 4. The number of carbonyl (C=O) groups excluding carboxylic acids is 1. The first-order chi connectivity index (χ1) is 9.58. The molecule has 1 aromatic carbocycles. The molecule has 0 aliphatic rings. The van der Waals surface area contributed by atoms with Crippen molar-refractivity contribution < 1.29 is 9.18 Å². The Morgan fingerprint density at radius 3 is 3.00 bits per heavy atom. The van der Waals surface area contributed by atoms with E-state index in [1.54, 1.807) is 18.3 Å². The molecule has 106 valence electrons. The van der Waals surface area contributed by atoms with Crippen LogP contribution >= 0.6 is 15.9 Å². The molecule has 0 fully saturated rings. The Morgan fingerprint density at radius 2 is 2.30 bits per heavy atom. The van der Waals surface area contributed by atoms with Gasteiger partial charge in [0, 0.05) is 10.0 Å². The molecule has 1 aromatic heterocycles.